The molecule has 3 heterocycles. The molecule has 1 unspecified atom stereocenters. The van der Waals surface area contributed by atoms with Gasteiger partial charge in [0.1, 0.15) is 46.6 Å². The standard InChI is InChI=1S/C24H19F2N5O2/c1-13(31-24-16(11-29-31)23(30(2)3)27-12-28-24)22-19(14-6-4-7-15(25)10-14)21(32)20-17(26)8-5-9-18(20)33-22/h4-13H,1-3H3. The van der Waals surface area contributed by atoms with Crippen molar-refractivity contribution in [3.63, 3.8) is 0 Å². The highest BCUT2D eigenvalue weighted by Gasteiger charge is 2.26. The lowest BCUT2D eigenvalue weighted by Crippen LogP contribution is -2.17. The van der Waals surface area contributed by atoms with Crippen LogP contribution < -0.4 is 10.3 Å². The Kier molecular flexibility index (Phi) is 4.88. The van der Waals surface area contributed by atoms with Gasteiger partial charge in [-0.2, -0.15) is 5.10 Å². The van der Waals surface area contributed by atoms with Gasteiger partial charge in [0.2, 0.25) is 5.43 Å². The van der Waals surface area contributed by atoms with Crippen LogP contribution in [0.15, 0.2) is 64.2 Å². The first-order chi connectivity index (χ1) is 15.9. The summed E-state index contributed by atoms with van der Waals surface area (Å²) in [5.41, 5.74) is 0.415. The van der Waals surface area contributed by atoms with Crippen molar-refractivity contribution in [1.82, 2.24) is 19.7 Å². The van der Waals surface area contributed by atoms with Crippen molar-refractivity contribution in [3.05, 3.63) is 82.6 Å². The van der Waals surface area contributed by atoms with E-state index < -0.39 is 23.1 Å². The van der Waals surface area contributed by atoms with E-state index >= 15 is 0 Å². The van der Waals surface area contributed by atoms with Crippen LogP contribution in [-0.2, 0) is 0 Å². The topological polar surface area (TPSA) is 77.0 Å². The predicted octanol–water partition coefficient (Wildman–Crippen LogP) is 4.55. The van der Waals surface area contributed by atoms with Gasteiger partial charge in [0.15, 0.2) is 5.65 Å². The molecule has 0 saturated carbocycles. The van der Waals surface area contributed by atoms with Crippen LogP contribution in [0.5, 0.6) is 0 Å². The first kappa shape index (κ1) is 20.7. The molecule has 0 aliphatic rings. The van der Waals surface area contributed by atoms with Crippen molar-refractivity contribution in [2.24, 2.45) is 0 Å². The Bertz CT molecular complexity index is 1580. The highest BCUT2D eigenvalue weighted by atomic mass is 19.1. The number of fused-ring (bicyclic) bond motifs is 2. The summed E-state index contributed by atoms with van der Waals surface area (Å²) in [7, 11) is 3.73. The van der Waals surface area contributed by atoms with Crippen molar-refractivity contribution >= 4 is 27.8 Å². The lowest BCUT2D eigenvalue weighted by molar-refractivity contribution is 0.444. The average molecular weight is 447 g/mol. The highest BCUT2D eigenvalue weighted by Crippen LogP contribution is 2.33. The molecular weight excluding hydrogens is 428 g/mol. The van der Waals surface area contributed by atoms with Crippen LogP contribution in [0.25, 0.3) is 33.1 Å². The molecule has 0 spiro atoms. The van der Waals surface area contributed by atoms with Gasteiger partial charge in [-0.3, -0.25) is 4.79 Å². The van der Waals surface area contributed by atoms with Crippen LogP contribution in [0.2, 0.25) is 0 Å². The molecule has 3 aromatic heterocycles. The van der Waals surface area contributed by atoms with Gasteiger partial charge in [0.25, 0.3) is 0 Å². The Morgan fingerprint density at radius 1 is 1.09 bits per heavy atom. The molecule has 5 rings (SSSR count). The maximum Gasteiger partial charge on any atom is 0.203 e. The van der Waals surface area contributed by atoms with E-state index in [1.165, 1.54) is 42.7 Å². The van der Waals surface area contributed by atoms with E-state index in [4.69, 9.17) is 4.42 Å². The van der Waals surface area contributed by atoms with Crippen LogP contribution in [0, 0.1) is 11.6 Å². The van der Waals surface area contributed by atoms with E-state index in [9.17, 15) is 13.6 Å². The van der Waals surface area contributed by atoms with Crippen LogP contribution >= 0.6 is 0 Å². The van der Waals surface area contributed by atoms with Crippen molar-refractivity contribution in [3.8, 4) is 11.1 Å². The normalized spacial score (nSPS) is 12.4. The molecule has 0 N–H and O–H groups in total. The Balaban J connectivity index is 1.81. The lowest BCUT2D eigenvalue weighted by Gasteiger charge is -2.18. The number of benzene rings is 2. The Labute approximate surface area is 186 Å². The van der Waals surface area contributed by atoms with Gasteiger partial charge in [-0.15, -0.1) is 0 Å². The van der Waals surface area contributed by atoms with Crippen LogP contribution in [0.3, 0.4) is 0 Å². The first-order valence-corrected chi connectivity index (χ1v) is 10.2. The molecule has 2 aromatic carbocycles. The van der Waals surface area contributed by atoms with Crippen molar-refractivity contribution in [1.29, 1.82) is 0 Å². The molecule has 0 aliphatic heterocycles. The summed E-state index contributed by atoms with van der Waals surface area (Å²) in [6.45, 7) is 1.79. The van der Waals surface area contributed by atoms with E-state index in [0.717, 1.165) is 5.39 Å². The van der Waals surface area contributed by atoms with Crippen molar-refractivity contribution in [2.45, 2.75) is 13.0 Å². The molecule has 1 atom stereocenters. The first-order valence-electron chi connectivity index (χ1n) is 10.2. The van der Waals surface area contributed by atoms with Crippen molar-refractivity contribution < 1.29 is 13.2 Å². The molecule has 0 radical (unpaired) electrons. The fourth-order valence-corrected chi connectivity index (χ4v) is 4.03. The van der Waals surface area contributed by atoms with E-state index in [1.807, 2.05) is 19.0 Å². The van der Waals surface area contributed by atoms with Crippen LogP contribution in [0.1, 0.15) is 18.7 Å². The molecule has 166 valence electrons. The maximum absolute atomic E-state index is 14.6. The minimum atomic E-state index is -0.703. The maximum atomic E-state index is 14.6. The second-order valence-corrected chi connectivity index (χ2v) is 7.89. The molecule has 5 aromatic rings. The fourth-order valence-electron chi connectivity index (χ4n) is 4.03. The molecule has 0 bridgehead atoms. The third-order valence-electron chi connectivity index (χ3n) is 5.55. The fraction of sp³-hybridized carbons (Fsp3) is 0.167. The second-order valence-electron chi connectivity index (χ2n) is 7.89. The number of hydrogen-bond acceptors (Lipinski definition) is 6. The van der Waals surface area contributed by atoms with Gasteiger partial charge >= 0.3 is 0 Å². The molecule has 0 saturated heterocycles. The zero-order valence-corrected chi connectivity index (χ0v) is 18.1. The van der Waals surface area contributed by atoms with E-state index in [-0.39, 0.29) is 27.9 Å². The van der Waals surface area contributed by atoms with E-state index in [0.29, 0.717) is 11.5 Å². The summed E-state index contributed by atoms with van der Waals surface area (Å²) in [5.74, 6) is -0.317. The summed E-state index contributed by atoms with van der Waals surface area (Å²) >= 11 is 0. The number of hydrogen-bond donors (Lipinski definition) is 0. The van der Waals surface area contributed by atoms with Gasteiger partial charge in [0.05, 0.1) is 17.1 Å². The minimum absolute atomic E-state index is 0.0742. The number of rotatable bonds is 4. The number of anilines is 1. The van der Waals surface area contributed by atoms with Crippen LogP contribution in [-0.4, -0.2) is 33.8 Å². The minimum Gasteiger partial charge on any atom is -0.458 e. The number of nitrogens with zero attached hydrogens (tertiary/aromatic N) is 5. The Hall–Kier alpha value is -4.14. The Morgan fingerprint density at radius 3 is 2.64 bits per heavy atom. The summed E-state index contributed by atoms with van der Waals surface area (Å²) in [6, 6.07) is 9.15. The third kappa shape index (κ3) is 3.32. The summed E-state index contributed by atoms with van der Waals surface area (Å²) in [6.07, 6.45) is 3.07. The van der Waals surface area contributed by atoms with E-state index in [1.54, 1.807) is 23.9 Å². The molecule has 7 nitrogen and oxygen atoms in total. The molecule has 33 heavy (non-hydrogen) atoms. The van der Waals surface area contributed by atoms with Gasteiger partial charge in [-0.05, 0) is 36.8 Å². The van der Waals surface area contributed by atoms with Gasteiger partial charge in [-0.25, -0.2) is 23.4 Å². The molecule has 0 aliphatic carbocycles. The van der Waals surface area contributed by atoms with Crippen molar-refractivity contribution in [2.75, 3.05) is 19.0 Å². The lowest BCUT2D eigenvalue weighted by atomic mass is 9.99. The van der Waals surface area contributed by atoms with Crippen LogP contribution in [0.4, 0.5) is 14.6 Å². The zero-order chi connectivity index (χ0) is 23.3. The molecular formula is C24H19F2N5O2. The Morgan fingerprint density at radius 2 is 1.88 bits per heavy atom. The smallest absolute Gasteiger partial charge is 0.203 e. The average Bonchev–Trinajstić information content (AvgIpc) is 3.22. The SMILES string of the molecule is CC(c1oc2cccc(F)c2c(=O)c1-c1cccc(F)c1)n1ncc2c(N(C)C)ncnc21. The second kappa shape index (κ2) is 7.77. The molecule has 0 amide bonds. The van der Waals surface area contributed by atoms with Gasteiger partial charge < -0.3 is 9.32 Å². The number of halogens is 2. The number of aromatic nitrogens is 4. The highest BCUT2D eigenvalue weighted by molar-refractivity contribution is 5.87. The summed E-state index contributed by atoms with van der Waals surface area (Å²) in [4.78, 5) is 24.0. The van der Waals surface area contributed by atoms with Gasteiger partial charge in [0, 0.05) is 14.1 Å². The molecule has 9 heteroatoms. The largest absolute Gasteiger partial charge is 0.458 e. The summed E-state index contributed by atoms with van der Waals surface area (Å²) < 4.78 is 36.3. The molecule has 0 fully saturated rings. The monoisotopic (exact) mass is 447 g/mol. The summed E-state index contributed by atoms with van der Waals surface area (Å²) in [5, 5.41) is 5.01. The quantitative estimate of drug-likeness (QED) is 0.402. The van der Waals surface area contributed by atoms with E-state index in [2.05, 4.69) is 15.1 Å². The zero-order valence-electron chi connectivity index (χ0n) is 18.1. The van der Waals surface area contributed by atoms with Gasteiger partial charge in [-0.1, -0.05) is 18.2 Å². The third-order valence-corrected chi connectivity index (χ3v) is 5.55. The predicted molar refractivity (Wildman–Crippen MR) is 121 cm³/mol.